The van der Waals surface area contributed by atoms with Crippen LogP contribution in [0.4, 0.5) is 0 Å². The van der Waals surface area contributed by atoms with Crippen molar-refractivity contribution >= 4 is 18.3 Å². The summed E-state index contributed by atoms with van der Waals surface area (Å²) in [5.41, 5.74) is 1.21. The van der Waals surface area contributed by atoms with Crippen molar-refractivity contribution in [1.29, 1.82) is 0 Å². The van der Waals surface area contributed by atoms with E-state index < -0.39 is 0 Å². The van der Waals surface area contributed by atoms with Gasteiger partial charge >= 0.3 is 0 Å². The molecule has 21 heavy (non-hydrogen) atoms. The maximum Gasteiger partial charge on any atom is 0.221 e. The molecule has 1 heterocycles. The summed E-state index contributed by atoms with van der Waals surface area (Å²) in [7, 11) is 0. The van der Waals surface area contributed by atoms with Crippen LogP contribution in [0.15, 0.2) is 24.3 Å². The van der Waals surface area contributed by atoms with E-state index in [2.05, 4.69) is 10.6 Å². The molecule has 0 spiro atoms. The van der Waals surface area contributed by atoms with Crippen LogP contribution < -0.4 is 15.4 Å². The van der Waals surface area contributed by atoms with Gasteiger partial charge in [0.15, 0.2) is 0 Å². The van der Waals surface area contributed by atoms with Gasteiger partial charge in [-0.15, -0.1) is 12.4 Å². The SMILES string of the molecule is Cc1ccc(OC(C)CNC(=O)CC2CCCN2)cc1.Cl. The van der Waals surface area contributed by atoms with Gasteiger partial charge in [0, 0.05) is 12.5 Å². The topological polar surface area (TPSA) is 50.4 Å². The van der Waals surface area contributed by atoms with Gasteiger partial charge in [-0.1, -0.05) is 17.7 Å². The highest BCUT2D eigenvalue weighted by Crippen LogP contribution is 2.13. The zero-order chi connectivity index (χ0) is 14.4. The lowest BCUT2D eigenvalue weighted by Gasteiger charge is -2.16. The summed E-state index contributed by atoms with van der Waals surface area (Å²) in [4.78, 5) is 11.8. The van der Waals surface area contributed by atoms with Crippen LogP contribution in [-0.2, 0) is 4.79 Å². The molecule has 2 atom stereocenters. The van der Waals surface area contributed by atoms with Gasteiger partial charge in [0.05, 0.1) is 6.54 Å². The van der Waals surface area contributed by atoms with E-state index in [1.54, 1.807) is 0 Å². The third-order valence-corrected chi connectivity index (χ3v) is 3.54. The number of hydrogen-bond donors (Lipinski definition) is 2. The number of halogens is 1. The normalized spacial score (nSPS) is 18.7. The number of hydrogen-bond acceptors (Lipinski definition) is 3. The van der Waals surface area contributed by atoms with Gasteiger partial charge in [-0.2, -0.15) is 0 Å². The van der Waals surface area contributed by atoms with E-state index in [0.717, 1.165) is 18.7 Å². The zero-order valence-electron chi connectivity index (χ0n) is 12.7. The smallest absolute Gasteiger partial charge is 0.221 e. The Bertz CT molecular complexity index is 430. The largest absolute Gasteiger partial charge is 0.489 e. The Balaban J connectivity index is 0.00000220. The quantitative estimate of drug-likeness (QED) is 0.848. The average Bonchev–Trinajstić information content (AvgIpc) is 2.92. The van der Waals surface area contributed by atoms with Crippen molar-refractivity contribution in [2.75, 3.05) is 13.1 Å². The van der Waals surface area contributed by atoms with E-state index in [4.69, 9.17) is 4.74 Å². The minimum Gasteiger partial charge on any atom is -0.489 e. The highest BCUT2D eigenvalue weighted by atomic mass is 35.5. The first kappa shape index (κ1) is 17.8. The molecule has 1 aromatic rings. The second-order valence-corrected chi connectivity index (χ2v) is 5.54. The summed E-state index contributed by atoms with van der Waals surface area (Å²) in [6.45, 7) is 5.59. The summed E-state index contributed by atoms with van der Waals surface area (Å²) in [6.07, 6.45) is 2.81. The molecule has 1 fully saturated rings. The molecule has 0 aliphatic carbocycles. The van der Waals surface area contributed by atoms with Gasteiger partial charge in [-0.3, -0.25) is 4.79 Å². The van der Waals surface area contributed by atoms with Crippen molar-refractivity contribution in [1.82, 2.24) is 10.6 Å². The van der Waals surface area contributed by atoms with Crippen molar-refractivity contribution in [2.45, 2.75) is 45.3 Å². The molecule has 1 aliphatic rings. The van der Waals surface area contributed by atoms with Crippen molar-refractivity contribution < 1.29 is 9.53 Å². The van der Waals surface area contributed by atoms with Gasteiger partial charge in [0.1, 0.15) is 11.9 Å². The second-order valence-electron chi connectivity index (χ2n) is 5.54. The molecule has 1 amide bonds. The van der Waals surface area contributed by atoms with Crippen LogP contribution in [0.2, 0.25) is 0 Å². The van der Waals surface area contributed by atoms with E-state index in [9.17, 15) is 4.79 Å². The lowest BCUT2D eigenvalue weighted by atomic mass is 10.1. The fourth-order valence-corrected chi connectivity index (χ4v) is 2.38. The monoisotopic (exact) mass is 312 g/mol. The molecule has 0 radical (unpaired) electrons. The van der Waals surface area contributed by atoms with Gasteiger partial charge < -0.3 is 15.4 Å². The van der Waals surface area contributed by atoms with Crippen LogP contribution in [0, 0.1) is 6.92 Å². The molecule has 2 N–H and O–H groups in total. The van der Waals surface area contributed by atoms with E-state index in [1.165, 1.54) is 12.0 Å². The molecule has 1 aromatic carbocycles. The van der Waals surface area contributed by atoms with Crippen LogP contribution >= 0.6 is 12.4 Å². The second kappa shape index (κ2) is 8.90. The Morgan fingerprint density at radius 3 is 2.76 bits per heavy atom. The molecule has 4 nitrogen and oxygen atoms in total. The fourth-order valence-electron chi connectivity index (χ4n) is 2.38. The minimum absolute atomic E-state index is 0. The molecule has 1 saturated heterocycles. The number of ether oxygens (including phenoxy) is 1. The molecule has 118 valence electrons. The third kappa shape index (κ3) is 6.36. The molecular formula is C16H25ClN2O2. The van der Waals surface area contributed by atoms with Crippen molar-refractivity contribution in [3.8, 4) is 5.75 Å². The fraction of sp³-hybridized carbons (Fsp3) is 0.562. The third-order valence-electron chi connectivity index (χ3n) is 3.54. The number of amides is 1. The maximum absolute atomic E-state index is 11.8. The summed E-state index contributed by atoms with van der Waals surface area (Å²) in [5, 5.41) is 6.27. The number of aryl methyl sites for hydroxylation is 1. The molecule has 0 aromatic heterocycles. The van der Waals surface area contributed by atoms with Gasteiger partial charge in [0.2, 0.25) is 5.91 Å². The van der Waals surface area contributed by atoms with Crippen molar-refractivity contribution in [2.24, 2.45) is 0 Å². The molecule has 5 heteroatoms. The number of carbonyl (C=O) groups is 1. The number of nitrogens with one attached hydrogen (secondary N) is 2. The first-order valence-electron chi connectivity index (χ1n) is 7.37. The highest BCUT2D eigenvalue weighted by Gasteiger charge is 2.17. The van der Waals surface area contributed by atoms with E-state index in [-0.39, 0.29) is 24.4 Å². The summed E-state index contributed by atoms with van der Waals surface area (Å²) >= 11 is 0. The number of benzene rings is 1. The van der Waals surface area contributed by atoms with Crippen LogP contribution in [0.5, 0.6) is 5.75 Å². The Kier molecular flexibility index (Phi) is 7.54. The molecule has 2 unspecified atom stereocenters. The van der Waals surface area contributed by atoms with Crippen molar-refractivity contribution in [3.05, 3.63) is 29.8 Å². The van der Waals surface area contributed by atoms with Gasteiger partial charge in [0.25, 0.3) is 0 Å². The average molecular weight is 313 g/mol. The maximum atomic E-state index is 11.8. The molecule has 0 saturated carbocycles. The Morgan fingerprint density at radius 2 is 2.14 bits per heavy atom. The Hall–Kier alpha value is -1.26. The van der Waals surface area contributed by atoms with E-state index in [0.29, 0.717) is 19.0 Å². The summed E-state index contributed by atoms with van der Waals surface area (Å²) < 4.78 is 5.76. The van der Waals surface area contributed by atoms with Crippen molar-refractivity contribution in [3.63, 3.8) is 0 Å². The Morgan fingerprint density at radius 1 is 1.43 bits per heavy atom. The lowest BCUT2D eigenvalue weighted by Crippen LogP contribution is -2.37. The lowest BCUT2D eigenvalue weighted by molar-refractivity contribution is -0.121. The zero-order valence-corrected chi connectivity index (χ0v) is 13.5. The predicted molar refractivity (Wildman–Crippen MR) is 87.2 cm³/mol. The van der Waals surface area contributed by atoms with Gasteiger partial charge in [-0.25, -0.2) is 0 Å². The first-order chi connectivity index (χ1) is 9.63. The summed E-state index contributed by atoms with van der Waals surface area (Å²) in [5.74, 6) is 0.943. The highest BCUT2D eigenvalue weighted by molar-refractivity contribution is 5.85. The Labute approximate surface area is 133 Å². The minimum atomic E-state index is -0.0295. The van der Waals surface area contributed by atoms with Crippen LogP contribution in [-0.4, -0.2) is 31.1 Å². The van der Waals surface area contributed by atoms with E-state index >= 15 is 0 Å². The number of carbonyl (C=O) groups excluding carboxylic acids is 1. The van der Waals surface area contributed by atoms with Crippen LogP contribution in [0.25, 0.3) is 0 Å². The van der Waals surface area contributed by atoms with Crippen LogP contribution in [0.1, 0.15) is 31.7 Å². The summed E-state index contributed by atoms with van der Waals surface area (Å²) in [6, 6.07) is 8.30. The molecule has 0 bridgehead atoms. The standard InChI is InChI=1S/C16H24N2O2.ClH/c1-12-5-7-15(8-6-12)20-13(2)11-18-16(19)10-14-4-3-9-17-14;/h5-8,13-14,17H,3-4,9-11H2,1-2H3,(H,18,19);1H. The van der Waals surface area contributed by atoms with Gasteiger partial charge in [-0.05, 0) is 45.4 Å². The van der Waals surface area contributed by atoms with Crippen LogP contribution in [0.3, 0.4) is 0 Å². The molecule has 1 aliphatic heterocycles. The first-order valence-corrected chi connectivity index (χ1v) is 7.37. The molecular weight excluding hydrogens is 288 g/mol. The number of rotatable bonds is 6. The van der Waals surface area contributed by atoms with E-state index in [1.807, 2.05) is 38.1 Å². The predicted octanol–water partition coefficient (Wildman–Crippen LogP) is 2.44. The molecule has 2 rings (SSSR count).